The maximum atomic E-state index is 4.26. The summed E-state index contributed by atoms with van der Waals surface area (Å²) in [6.07, 6.45) is 6.69. The number of hydrogen-bond acceptors (Lipinski definition) is 4. The Morgan fingerprint density at radius 3 is 3.15 bits per heavy atom. The highest BCUT2D eigenvalue weighted by Gasteiger charge is 2.32. The third-order valence-electron chi connectivity index (χ3n) is 2.94. The van der Waals surface area contributed by atoms with Crippen molar-refractivity contribution in [2.75, 3.05) is 6.54 Å². The van der Waals surface area contributed by atoms with Crippen LogP contribution in [0, 0.1) is 0 Å². The molecule has 1 fully saturated rings. The van der Waals surface area contributed by atoms with Crippen LogP contribution in [-0.4, -0.2) is 20.8 Å². The first-order valence-corrected chi connectivity index (χ1v) is 5.59. The quantitative estimate of drug-likeness (QED) is 0.800. The van der Waals surface area contributed by atoms with Crippen molar-refractivity contribution < 1.29 is 0 Å². The van der Waals surface area contributed by atoms with Gasteiger partial charge in [0.15, 0.2) is 0 Å². The SMILES string of the molecule is CCC1(Cc2cnsn2)CCCN1. The van der Waals surface area contributed by atoms with E-state index < -0.39 is 0 Å². The van der Waals surface area contributed by atoms with Gasteiger partial charge in [-0.25, -0.2) is 0 Å². The van der Waals surface area contributed by atoms with Crippen LogP contribution in [0.1, 0.15) is 31.9 Å². The summed E-state index contributed by atoms with van der Waals surface area (Å²) >= 11 is 1.30. The zero-order chi connectivity index (χ0) is 9.15. The second kappa shape index (κ2) is 3.72. The monoisotopic (exact) mass is 197 g/mol. The summed E-state index contributed by atoms with van der Waals surface area (Å²) in [5, 5.41) is 3.59. The fourth-order valence-corrected chi connectivity index (χ4v) is 2.49. The third-order valence-corrected chi connectivity index (χ3v) is 3.45. The Hall–Kier alpha value is -0.480. The number of nitrogens with zero attached hydrogens (tertiary/aromatic N) is 2. The molecule has 0 amide bonds. The molecule has 1 aliphatic rings. The predicted molar refractivity (Wildman–Crippen MR) is 53.9 cm³/mol. The van der Waals surface area contributed by atoms with Crippen LogP contribution in [-0.2, 0) is 6.42 Å². The van der Waals surface area contributed by atoms with Crippen molar-refractivity contribution in [3.05, 3.63) is 11.9 Å². The Morgan fingerprint density at radius 2 is 2.62 bits per heavy atom. The van der Waals surface area contributed by atoms with E-state index in [1.807, 2.05) is 6.20 Å². The van der Waals surface area contributed by atoms with Gasteiger partial charge in [-0.2, -0.15) is 8.75 Å². The zero-order valence-electron chi connectivity index (χ0n) is 7.92. The van der Waals surface area contributed by atoms with Crippen molar-refractivity contribution in [3.8, 4) is 0 Å². The fourth-order valence-electron chi connectivity index (χ4n) is 2.05. The molecule has 1 atom stereocenters. The second-order valence-electron chi connectivity index (χ2n) is 3.74. The van der Waals surface area contributed by atoms with Crippen molar-refractivity contribution in [1.29, 1.82) is 0 Å². The van der Waals surface area contributed by atoms with E-state index in [-0.39, 0.29) is 0 Å². The average Bonchev–Trinajstić information content (AvgIpc) is 2.77. The van der Waals surface area contributed by atoms with Gasteiger partial charge in [0.1, 0.15) is 0 Å². The van der Waals surface area contributed by atoms with Gasteiger partial charge in [-0.1, -0.05) is 6.92 Å². The summed E-state index contributed by atoms with van der Waals surface area (Å²) in [4.78, 5) is 0. The molecule has 3 nitrogen and oxygen atoms in total. The van der Waals surface area contributed by atoms with Gasteiger partial charge in [0.25, 0.3) is 0 Å². The van der Waals surface area contributed by atoms with Crippen LogP contribution in [0.3, 0.4) is 0 Å². The molecule has 0 saturated carbocycles. The topological polar surface area (TPSA) is 37.8 Å². The fraction of sp³-hybridized carbons (Fsp3) is 0.778. The van der Waals surface area contributed by atoms with Gasteiger partial charge in [0.05, 0.1) is 23.6 Å². The highest BCUT2D eigenvalue weighted by Crippen LogP contribution is 2.26. The van der Waals surface area contributed by atoms with E-state index in [1.54, 1.807) is 0 Å². The van der Waals surface area contributed by atoms with E-state index >= 15 is 0 Å². The first kappa shape index (κ1) is 9.09. The van der Waals surface area contributed by atoms with Crippen LogP contribution >= 0.6 is 11.7 Å². The molecule has 1 N–H and O–H groups in total. The van der Waals surface area contributed by atoms with Crippen LogP contribution < -0.4 is 5.32 Å². The number of rotatable bonds is 3. The van der Waals surface area contributed by atoms with E-state index in [1.165, 1.54) is 31.0 Å². The molecular formula is C9H15N3S. The first-order chi connectivity index (χ1) is 6.35. The molecule has 0 aromatic carbocycles. The second-order valence-corrected chi connectivity index (χ2v) is 4.30. The predicted octanol–water partition coefficient (Wildman–Crippen LogP) is 1.61. The highest BCUT2D eigenvalue weighted by atomic mass is 32.1. The van der Waals surface area contributed by atoms with Crippen LogP contribution in [0.2, 0.25) is 0 Å². The van der Waals surface area contributed by atoms with E-state index in [4.69, 9.17) is 0 Å². The maximum absolute atomic E-state index is 4.26. The van der Waals surface area contributed by atoms with Crippen molar-refractivity contribution in [1.82, 2.24) is 14.1 Å². The number of nitrogens with one attached hydrogen (secondary N) is 1. The Kier molecular flexibility index (Phi) is 2.60. The molecule has 13 heavy (non-hydrogen) atoms. The van der Waals surface area contributed by atoms with Gasteiger partial charge < -0.3 is 5.32 Å². The van der Waals surface area contributed by atoms with Gasteiger partial charge >= 0.3 is 0 Å². The average molecular weight is 197 g/mol. The molecule has 0 spiro atoms. The molecule has 2 heterocycles. The Labute approximate surface area is 82.9 Å². The molecule has 1 aromatic heterocycles. The molecular weight excluding hydrogens is 182 g/mol. The summed E-state index contributed by atoms with van der Waals surface area (Å²) in [6, 6.07) is 0. The van der Waals surface area contributed by atoms with Gasteiger partial charge in [-0.05, 0) is 25.8 Å². The lowest BCUT2D eigenvalue weighted by Crippen LogP contribution is -2.41. The highest BCUT2D eigenvalue weighted by molar-refractivity contribution is 6.99. The van der Waals surface area contributed by atoms with Crippen LogP contribution in [0.5, 0.6) is 0 Å². The van der Waals surface area contributed by atoms with Gasteiger partial charge in [-0.3, -0.25) is 0 Å². The van der Waals surface area contributed by atoms with E-state index in [2.05, 4.69) is 21.0 Å². The first-order valence-electron chi connectivity index (χ1n) is 4.86. The zero-order valence-corrected chi connectivity index (χ0v) is 8.73. The molecule has 0 aliphatic carbocycles. The van der Waals surface area contributed by atoms with Crippen molar-refractivity contribution >= 4 is 11.7 Å². The lowest BCUT2D eigenvalue weighted by molar-refractivity contribution is 0.357. The minimum atomic E-state index is 0.315. The van der Waals surface area contributed by atoms with Crippen molar-refractivity contribution in [2.24, 2.45) is 0 Å². The molecule has 1 unspecified atom stereocenters. The number of hydrogen-bond donors (Lipinski definition) is 1. The minimum Gasteiger partial charge on any atom is -0.311 e. The van der Waals surface area contributed by atoms with Gasteiger partial charge in [0, 0.05) is 12.0 Å². The molecule has 0 radical (unpaired) electrons. The largest absolute Gasteiger partial charge is 0.311 e. The molecule has 1 aromatic rings. The van der Waals surface area contributed by atoms with Crippen molar-refractivity contribution in [3.63, 3.8) is 0 Å². The standard InChI is InChI=1S/C9H15N3S/c1-2-9(4-3-5-10-9)6-8-7-11-13-12-8/h7,10H,2-6H2,1H3. The third kappa shape index (κ3) is 1.89. The minimum absolute atomic E-state index is 0.315. The van der Waals surface area contributed by atoms with E-state index in [0.29, 0.717) is 5.54 Å². The van der Waals surface area contributed by atoms with Gasteiger partial charge in [-0.15, -0.1) is 0 Å². The Bertz CT molecular complexity index is 252. The summed E-state index contributed by atoms with van der Waals surface area (Å²) in [7, 11) is 0. The summed E-state index contributed by atoms with van der Waals surface area (Å²) < 4.78 is 8.30. The molecule has 1 aliphatic heterocycles. The molecule has 2 rings (SSSR count). The van der Waals surface area contributed by atoms with E-state index in [9.17, 15) is 0 Å². The summed E-state index contributed by atoms with van der Waals surface area (Å²) in [5.41, 5.74) is 1.46. The van der Waals surface area contributed by atoms with Crippen LogP contribution in [0.4, 0.5) is 0 Å². The van der Waals surface area contributed by atoms with E-state index in [0.717, 1.165) is 18.7 Å². The smallest absolute Gasteiger partial charge is 0.0761 e. The Balaban J connectivity index is 2.06. The molecule has 0 bridgehead atoms. The molecule has 4 heteroatoms. The lowest BCUT2D eigenvalue weighted by atomic mass is 9.89. The van der Waals surface area contributed by atoms with Crippen LogP contribution in [0.15, 0.2) is 6.20 Å². The maximum Gasteiger partial charge on any atom is 0.0761 e. The number of aromatic nitrogens is 2. The van der Waals surface area contributed by atoms with Gasteiger partial charge in [0.2, 0.25) is 0 Å². The van der Waals surface area contributed by atoms with Crippen LogP contribution in [0.25, 0.3) is 0 Å². The summed E-state index contributed by atoms with van der Waals surface area (Å²) in [6.45, 7) is 3.41. The Morgan fingerprint density at radius 1 is 1.69 bits per heavy atom. The molecule has 72 valence electrons. The molecule has 1 saturated heterocycles. The lowest BCUT2D eigenvalue weighted by Gasteiger charge is -2.26. The summed E-state index contributed by atoms with van der Waals surface area (Å²) in [5.74, 6) is 0. The van der Waals surface area contributed by atoms with Crippen molar-refractivity contribution in [2.45, 2.75) is 38.1 Å². The normalized spacial score (nSPS) is 28.1.